The molecule has 0 bridgehead atoms. The molecule has 2 aromatic carbocycles. The number of para-hydroxylation sites is 2. The number of nitrogens with one attached hydrogen (secondary N) is 1. The number of carbonyl (C=O) groups is 1. The maximum Gasteiger partial charge on any atom is 0.422 e. The fourth-order valence-corrected chi connectivity index (χ4v) is 3.20. The molecule has 1 fully saturated rings. The minimum absolute atomic E-state index is 0.00542. The van der Waals surface area contributed by atoms with Gasteiger partial charge in [-0.05, 0) is 17.7 Å². The lowest BCUT2D eigenvalue weighted by Crippen LogP contribution is -2.48. The molecule has 1 N–H and O–H groups in total. The molecule has 5 nitrogen and oxygen atoms in total. The van der Waals surface area contributed by atoms with Gasteiger partial charge in [-0.2, -0.15) is 13.2 Å². The molecule has 0 atom stereocenters. The first-order valence-corrected chi connectivity index (χ1v) is 9.46. The summed E-state index contributed by atoms with van der Waals surface area (Å²) in [7, 11) is 0. The number of nitrogens with zero attached hydrogens (tertiary/aromatic N) is 2. The molecular weight excluding hydrogens is 383 g/mol. The minimum Gasteiger partial charge on any atom is -0.482 e. The molecule has 1 saturated heterocycles. The van der Waals surface area contributed by atoms with Crippen LogP contribution >= 0.6 is 0 Å². The van der Waals surface area contributed by atoms with Gasteiger partial charge in [0.25, 0.3) is 0 Å². The zero-order valence-electron chi connectivity index (χ0n) is 16.0. The van der Waals surface area contributed by atoms with Crippen molar-refractivity contribution in [3.63, 3.8) is 0 Å². The summed E-state index contributed by atoms with van der Waals surface area (Å²) in [6.45, 7) is 2.89. The zero-order chi connectivity index (χ0) is 20.7. The van der Waals surface area contributed by atoms with Gasteiger partial charge in [-0.15, -0.1) is 0 Å². The van der Waals surface area contributed by atoms with E-state index in [4.69, 9.17) is 4.74 Å². The van der Waals surface area contributed by atoms with E-state index in [2.05, 4.69) is 22.3 Å². The topological polar surface area (TPSA) is 44.8 Å². The van der Waals surface area contributed by atoms with Gasteiger partial charge in [0, 0.05) is 32.7 Å². The fourth-order valence-electron chi connectivity index (χ4n) is 3.20. The molecule has 1 aliphatic heterocycles. The van der Waals surface area contributed by atoms with Crippen molar-refractivity contribution in [2.45, 2.75) is 12.7 Å². The van der Waals surface area contributed by atoms with E-state index in [0.29, 0.717) is 0 Å². The molecule has 156 valence electrons. The van der Waals surface area contributed by atoms with Crippen LogP contribution in [-0.2, 0) is 11.3 Å². The number of benzene rings is 2. The molecule has 29 heavy (non-hydrogen) atoms. The van der Waals surface area contributed by atoms with Crippen molar-refractivity contribution in [1.82, 2.24) is 9.80 Å². The Kier molecular flexibility index (Phi) is 7.11. The predicted octanol–water partition coefficient (Wildman–Crippen LogP) is 3.38. The lowest BCUT2D eigenvalue weighted by molar-refractivity contribution is -0.153. The lowest BCUT2D eigenvalue weighted by atomic mass is 10.2. The summed E-state index contributed by atoms with van der Waals surface area (Å²) >= 11 is 0. The van der Waals surface area contributed by atoms with Crippen LogP contribution in [0.3, 0.4) is 0 Å². The average molecular weight is 407 g/mol. The number of hydrogen-bond donors (Lipinski definition) is 1. The first kappa shape index (κ1) is 21.1. The van der Waals surface area contributed by atoms with Crippen LogP contribution < -0.4 is 10.1 Å². The number of anilines is 1. The lowest BCUT2D eigenvalue weighted by Gasteiger charge is -2.34. The molecule has 2 aromatic rings. The van der Waals surface area contributed by atoms with Crippen molar-refractivity contribution in [1.29, 1.82) is 0 Å². The third-order valence-electron chi connectivity index (χ3n) is 4.63. The Morgan fingerprint density at radius 2 is 1.55 bits per heavy atom. The highest BCUT2D eigenvalue weighted by molar-refractivity contribution is 5.93. The average Bonchev–Trinajstić information content (AvgIpc) is 2.69. The third kappa shape index (κ3) is 7.07. The van der Waals surface area contributed by atoms with E-state index in [-0.39, 0.29) is 23.9 Å². The second kappa shape index (κ2) is 9.76. The van der Waals surface area contributed by atoms with E-state index < -0.39 is 12.8 Å². The third-order valence-corrected chi connectivity index (χ3v) is 4.63. The predicted molar refractivity (Wildman–Crippen MR) is 105 cm³/mol. The minimum atomic E-state index is -4.43. The number of carbonyl (C=O) groups excluding carboxylic acids is 1. The Morgan fingerprint density at radius 1 is 0.931 bits per heavy atom. The Hall–Kier alpha value is -2.58. The van der Waals surface area contributed by atoms with Crippen LogP contribution in [0.25, 0.3) is 0 Å². The second-order valence-electron chi connectivity index (χ2n) is 6.99. The van der Waals surface area contributed by atoms with Crippen LogP contribution in [0.2, 0.25) is 0 Å². The molecule has 8 heteroatoms. The number of alkyl halides is 3. The first-order valence-electron chi connectivity index (χ1n) is 9.46. The monoisotopic (exact) mass is 407 g/mol. The van der Waals surface area contributed by atoms with Gasteiger partial charge in [0.2, 0.25) is 5.91 Å². The quantitative estimate of drug-likeness (QED) is 0.764. The molecular formula is C21H24F3N3O2. The van der Waals surface area contributed by atoms with Crippen LogP contribution in [0.4, 0.5) is 18.9 Å². The molecule has 1 heterocycles. The maximum atomic E-state index is 12.4. The maximum absolute atomic E-state index is 12.4. The molecule has 0 spiro atoms. The Morgan fingerprint density at radius 3 is 2.24 bits per heavy atom. The fraction of sp³-hybridized carbons (Fsp3) is 0.381. The number of hydrogen-bond acceptors (Lipinski definition) is 4. The highest BCUT2D eigenvalue weighted by Crippen LogP contribution is 2.26. The van der Waals surface area contributed by atoms with E-state index in [1.54, 1.807) is 12.1 Å². The van der Waals surface area contributed by atoms with Crippen molar-refractivity contribution in [2.75, 3.05) is 44.6 Å². The number of halogens is 3. The molecule has 1 aliphatic rings. The molecule has 3 rings (SSSR count). The normalized spacial score (nSPS) is 15.8. The van der Waals surface area contributed by atoms with Gasteiger partial charge in [0.1, 0.15) is 5.75 Å². The Balaban J connectivity index is 1.46. The van der Waals surface area contributed by atoms with Crippen molar-refractivity contribution < 1.29 is 22.7 Å². The molecule has 0 aromatic heterocycles. The van der Waals surface area contributed by atoms with E-state index >= 15 is 0 Å². The number of amides is 1. The van der Waals surface area contributed by atoms with E-state index in [9.17, 15) is 18.0 Å². The van der Waals surface area contributed by atoms with Crippen molar-refractivity contribution >= 4 is 11.6 Å². The van der Waals surface area contributed by atoms with Crippen molar-refractivity contribution in [3.05, 3.63) is 60.2 Å². The summed E-state index contributed by atoms with van der Waals surface area (Å²) in [5.74, 6) is -0.268. The summed E-state index contributed by atoms with van der Waals surface area (Å²) in [5.41, 5.74) is 1.50. The molecule has 0 aliphatic carbocycles. The Bertz CT molecular complexity index is 791. The molecule has 0 saturated carbocycles. The van der Waals surface area contributed by atoms with Crippen molar-refractivity contribution in [2.24, 2.45) is 0 Å². The van der Waals surface area contributed by atoms with E-state index in [0.717, 1.165) is 32.7 Å². The summed E-state index contributed by atoms with van der Waals surface area (Å²) in [6.07, 6.45) is -4.43. The zero-order valence-corrected chi connectivity index (χ0v) is 16.0. The van der Waals surface area contributed by atoms with Gasteiger partial charge in [-0.1, -0.05) is 42.5 Å². The van der Waals surface area contributed by atoms with Crippen LogP contribution in [0, 0.1) is 0 Å². The van der Waals surface area contributed by atoms with Crippen LogP contribution in [0.1, 0.15) is 5.56 Å². The highest BCUT2D eigenvalue weighted by Gasteiger charge is 2.29. The first-order chi connectivity index (χ1) is 13.9. The number of piperazine rings is 1. The number of rotatable bonds is 7. The standard InChI is InChI=1S/C21H24F3N3O2/c22-21(23,24)16-29-19-9-5-4-8-18(19)25-20(28)15-27-12-10-26(11-13-27)14-17-6-2-1-3-7-17/h1-9H,10-16H2,(H,25,28). The van der Waals surface area contributed by atoms with Crippen LogP contribution in [0.15, 0.2) is 54.6 Å². The van der Waals surface area contributed by atoms with Crippen LogP contribution in [0.5, 0.6) is 5.75 Å². The Labute approximate surface area is 168 Å². The number of ether oxygens (including phenoxy) is 1. The summed E-state index contributed by atoms with van der Waals surface area (Å²) in [6, 6.07) is 16.4. The smallest absolute Gasteiger partial charge is 0.422 e. The summed E-state index contributed by atoms with van der Waals surface area (Å²) < 4.78 is 42.0. The van der Waals surface area contributed by atoms with Gasteiger partial charge < -0.3 is 10.1 Å². The van der Waals surface area contributed by atoms with Gasteiger partial charge in [-0.3, -0.25) is 14.6 Å². The van der Waals surface area contributed by atoms with E-state index in [1.165, 1.54) is 17.7 Å². The van der Waals surface area contributed by atoms with Gasteiger partial charge in [-0.25, -0.2) is 0 Å². The van der Waals surface area contributed by atoms with E-state index in [1.807, 2.05) is 23.1 Å². The van der Waals surface area contributed by atoms with Crippen molar-refractivity contribution in [3.8, 4) is 5.75 Å². The molecule has 0 unspecified atom stereocenters. The van der Waals surface area contributed by atoms with Gasteiger partial charge in [0.05, 0.1) is 12.2 Å². The summed E-state index contributed by atoms with van der Waals surface area (Å²) in [5, 5.41) is 2.66. The highest BCUT2D eigenvalue weighted by atomic mass is 19.4. The van der Waals surface area contributed by atoms with Gasteiger partial charge in [0.15, 0.2) is 6.61 Å². The SMILES string of the molecule is O=C(CN1CCN(Cc2ccccc2)CC1)Nc1ccccc1OCC(F)(F)F. The second-order valence-corrected chi connectivity index (χ2v) is 6.99. The van der Waals surface area contributed by atoms with Gasteiger partial charge >= 0.3 is 6.18 Å². The molecule has 1 amide bonds. The van der Waals surface area contributed by atoms with Crippen LogP contribution in [-0.4, -0.2) is 61.2 Å². The summed E-state index contributed by atoms with van der Waals surface area (Å²) in [4.78, 5) is 16.7. The molecule has 0 radical (unpaired) electrons. The largest absolute Gasteiger partial charge is 0.482 e.